The van der Waals surface area contributed by atoms with Crippen LogP contribution in [0.2, 0.25) is 0 Å². The second-order valence-electron chi connectivity index (χ2n) is 3.97. The smallest absolute Gasteiger partial charge is 0.335 e. The second kappa shape index (κ2) is 3.63. The van der Waals surface area contributed by atoms with Crippen molar-refractivity contribution in [3.05, 3.63) is 28.8 Å². The van der Waals surface area contributed by atoms with Crippen LogP contribution >= 0.6 is 0 Å². The maximum atomic E-state index is 11.5. The maximum absolute atomic E-state index is 11.5. The van der Waals surface area contributed by atoms with Crippen molar-refractivity contribution in [1.29, 1.82) is 0 Å². The Morgan fingerprint density at radius 1 is 1.50 bits per heavy atom. The summed E-state index contributed by atoms with van der Waals surface area (Å²) < 4.78 is 0. The lowest BCUT2D eigenvalue weighted by Gasteiger charge is -2.08. The number of hydrogen-bond donors (Lipinski definition) is 2. The Labute approximate surface area is 93.3 Å². The van der Waals surface area contributed by atoms with Gasteiger partial charge in [-0.2, -0.15) is 0 Å². The number of hydrogen-bond acceptors (Lipinski definition) is 2. The van der Waals surface area contributed by atoms with Gasteiger partial charge in [-0.3, -0.25) is 4.79 Å². The lowest BCUT2D eigenvalue weighted by atomic mass is 9.96. The number of benzene rings is 1. The number of carbonyl (C=O) groups excluding carboxylic acids is 1. The van der Waals surface area contributed by atoms with E-state index in [0.29, 0.717) is 6.42 Å². The second-order valence-corrected chi connectivity index (χ2v) is 3.97. The predicted molar refractivity (Wildman–Crippen MR) is 59.8 cm³/mol. The van der Waals surface area contributed by atoms with E-state index >= 15 is 0 Å². The molecule has 1 heterocycles. The fraction of sp³-hybridized carbons (Fsp3) is 0.333. The summed E-state index contributed by atoms with van der Waals surface area (Å²) in [5.74, 6) is -1.28. The van der Waals surface area contributed by atoms with Gasteiger partial charge in [-0.05, 0) is 36.6 Å². The molecule has 0 radical (unpaired) electrons. The quantitative estimate of drug-likeness (QED) is 0.799. The molecule has 0 saturated carbocycles. The normalized spacial score (nSPS) is 18.1. The summed E-state index contributed by atoms with van der Waals surface area (Å²) in [6, 6.07) is 3.21. The average molecular weight is 219 g/mol. The van der Waals surface area contributed by atoms with Crippen LogP contribution in [0, 0.1) is 0 Å². The molecule has 4 nitrogen and oxygen atoms in total. The Morgan fingerprint density at radius 2 is 2.19 bits per heavy atom. The lowest BCUT2D eigenvalue weighted by molar-refractivity contribution is -0.116. The van der Waals surface area contributed by atoms with E-state index in [2.05, 4.69) is 5.32 Å². The summed E-state index contributed by atoms with van der Waals surface area (Å²) in [4.78, 5) is 22.5. The van der Waals surface area contributed by atoms with Crippen molar-refractivity contribution < 1.29 is 14.7 Å². The van der Waals surface area contributed by atoms with Gasteiger partial charge in [-0.1, -0.05) is 6.92 Å². The van der Waals surface area contributed by atoms with Crippen LogP contribution in [-0.2, 0) is 11.2 Å². The number of aryl methyl sites for hydroxylation is 1. The van der Waals surface area contributed by atoms with Crippen LogP contribution in [0.5, 0.6) is 0 Å². The van der Waals surface area contributed by atoms with Gasteiger partial charge in [0.1, 0.15) is 0 Å². The molecule has 1 unspecified atom stereocenters. The van der Waals surface area contributed by atoms with E-state index in [-0.39, 0.29) is 17.4 Å². The van der Waals surface area contributed by atoms with Crippen LogP contribution in [0.4, 0.5) is 5.69 Å². The van der Waals surface area contributed by atoms with Gasteiger partial charge in [-0.25, -0.2) is 4.79 Å². The molecule has 0 aliphatic carbocycles. The van der Waals surface area contributed by atoms with E-state index in [0.717, 1.165) is 16.8 Å². The molecular weight excluding hydrogens is 206 g/mol. The highest BCUT2D eigenvalue weighted by Crippen LogP contribution is 2.36. The highest BCUT2D eigenvalue weighted by atomic mass is 16.4. The van der Waals surface area contributed by atoms with Gasteiger partial charge >= 0.3 is 5.97 Å². The van der Waals surface area contributed by atoms with Crippen LogP contribution in [0.1, 0.15) is 41.3 Å². The monoisotopic (exact) mass is 219 g/mol. The molecule has 1 amide bonds. The molecule has 1 atom stereocenters. The van der Waals surface area contributed by atoms with E-state index in [1.54, 1.807) is 19.1 Å². The highest BCUT2D eigenvalue weighted by molar-refractivity contribution is 6.04. The first kappa shape index (κ1) is 10.7. The molecule has 2 rings (SSSR count). The van der Waals surface area contributed by atoms with Crippen molar-refractivity contribution in [2.75, 3.05) is 5.32 Å². The predicted octanol–water partition coefficient (Wildman–Crippen LogP) is 2.00. The van der Waals surface area contributed by atoms with Gasteiger partial charge < -0.3 is 10.4 Å². The molecule has 84 valence electrons. The maximum Gasteiger partial charge on any atom is 0.335 e. The molecule has 0 fully saturated rings. The van der Waals surface area contributed by atoms with Crippen LogP contribution in [-0.4, -0.2) is 17.0 Å². The Morgan fingerprint density at radius 3 is 2.75 bits per heavy atom. The van der Waals surface area contributed by atoms with Crippen LogP contribution in [0.15, 0.2) is 12.1 Å². The number of carboxylic acids is 1. The first-order chi connectivity index (χ1) is 7.54. The minimum atomic E-state index is -0.955. The average Bonchev–Trinajstić information content (AvgIpc) is 2.54. The molecule has 1 aliphatic rings. The summed E-state index contributed by atoms with van der Waals surface area (Å²) in [6.07, 6.45) is 0.705. The summed E-state index contributed by atoms with van der Waals surface area (Å²) in [5, 5.41) is 11.8. The van der Waals surface area contributed by atoms with Crippen molar-refractivity contribution >= 4 is 17.6 Å². The molecule has 4 heteroatoms. The first-order valence-electron chi connectivity index (χ1n) is 5.25. The van der Waals surface area contributed by atoms with Crippen molar-refractivity contribution in [2.45, 2.75) is 26.2 Å². The highest BCUT2D eigenvalue weighted by Gasteiger charge is 2.29. The number of fused-ring (bicyclic) bond motifs is 1. The number of anilines is 1. The first-order valence-corrected chi connectivity index (χ1v) is 5.25. The summed E-state index contributed by atoms with van der Waals surface area (Å²) >= 11 is 0. The number of nitrogens with one attached hydrogen (secondary N) is 1. The third-order valence-corrected chi connectivity index (χ3v) is 2.99. The number of amides is 1. The van der Waals surface area contributed by atoms with Crippen LogP contribution < -0.4 is 5.32 Å². The zero-order chi connectivity index (χ0) is 11.9. The fourth-order valence-corrected chi connectivity index (χ4v) is 2.00. The molecule has 0 bridgehead atoms. The molecule has 1 aromatic carbocycles. The van der Waals surface area contributed by atoms with Crippen molar-refractivity contribution in [2.24, 2.45) is 0 Å². The summed E-state index contributed by atoms with van der Waals surface area (Å²) in [7, 11) is 0. The van der Waals surface area contributed by atoms with E-state index < -0.39 is 5.97 Å². The lowest BCUT2D eigenvalue weighted by Crippen LogP contribution is -2.08. The number of carbonyl (C=O) groups is 2. The van der Waals surface area contributed by atoms with Gasteiger partial charge in [-0.15, -0.1) is 0 Å². The number of rotatable bonds is 2. The Hall–Kier alpha value is -1.84. The SMILES string of the molecule is CCc1cc(C(=O)O)cc2c1NC(=O)C2C. The zero-order valence-electron chi connectivity index (χ0n) is 9.20. The van der Waals surface area contributed by atoms with Gasteiger partial charge in [0.2, 0.25) is 5.91 Å². The fourth-order valence-electron chi connectivity index (χ4n) is 2.00. The number of aromatic carboxylic acids is 1. The summed E-state index contributed by atoms with van der Waals surface area (Å²) in [5.41, 5.74) is 2.72. The van der Waals surface area contributed by atoms with Gasteiger partial charge in [0.25, 0.3) is 0 Å². The van der Waals surface area contributed by atoms with Crippen molar-refractivity contribution in [3.63, 3.8) is 0 Å². The molecule has 0 aromatic heterocycles. The summed E-state index contributed by atoms with van der Waals surface area (Å²) in [6.45, 7) is 3.72. The number of carboxylic acid groups (broad SMARTS) is 1. The largest absolute Gasteiger partial charge is 0.478 e. The van der Waals surface area contributed by atoms with E-state index in [4.69, 9.17) is 5.11 Å². The molecule has 1 aromatic rings. The van der Waals surface area contributed by atoms with Gasteiger partial charge in [0.05, 0.1) is 11.5 Å². The van der Waals surface area contributed by atoms with E-state index in [1.807, 2.05) is 6.92 Å². The molecule has 0 spiro atoms. The van der Waals surface area contributed by atoms with E-state index in [9.17, 15) is 9.59 Å². The third kappa shape index (κ3) is 1.46. The molecule has 2 N–H and O–H groups in total. The Kier molecular flexibility index (Phi) is 2.42. The molecule has 16 heavy (non-hydrogen) atoms. The van der Waals surface area contributed by atoms with Crippen LogP contribution in [0.3, 0.4) is 0 Å². The van der Waals surface area contributed by atoms with E-state index in [1.165, 1.54) is 0 Å². The van der Waals surface area contributed by atoms with Gasteiger partial charge in [0.15, 0.2) is 0 Å². The standard InChI is InChI=1S/C12H13NO3/c1-3-7-4-8(12(15)16)5-9-6(2)11(14)13-10(7)9/h4-6H,3H2,1-2H3,(H,13,14)(H,15,16). The van der Waals surface area contributed by atoms with Crippen molar-refractivity contribution in [3.8, 4) is 0 Å². The topological polar surface area (TPSA) is 66.4 Å². The minimum Gasteiger partial charge on any atom is -0.478 e. The Balaban J connectivity index is 2.62. The van der Waals surface area contributed by atoms with Crippen LogP contribution in [0.25, 0.3) is 0 Å². The zero-order valence-corrected chi connectivity index (χ0v) is 9.20. The molecular formula is C12H13NO3. The molecule has 0 saturated heterocycles. The molecule has 1 aliphatic heterocycles. The van der Waals surface area contributed by atoms with Gasteiger partial charge in [0, 0.05) is 5.69 Å². The minimum absolute atomic E-state index is 0.0627. The third-order valence-electron chi connectivity index (χ3n) is 2.99. The van der Waals surface area contributed by atoms with Crippen molar-refractivity contribution in [1.82, 2.24) is 0 Å². The Bertz CT molecular complexity index is 479.